The number of hydrogen-bond acceptors (Lipinski definition) is 2. The standard InChI is InChI=1S/C10H7F4NO/c1-6(15-5-16)7-2-3-8(9(11)4-7)10(12,13)14/h2-4,6H,1H3. The van der Waals surface area contributed by atoms with Crippen LogP contribution in [0.3, 0.4) is 0 Å². The van der Waals surface area contributed by atoms with Crippen LogP contribution in [0.4, 0.5) is 17.6 Å². The van der Waals surface area contributed by atoms with Crippen molar-refractivity contribution in [3.63, 3.8) is 0 Å². The van der Waals surface area contributed by atoms with Crippen molar-refractivity contribution >= 4 is 6.08 Å². The molecule has 1 aromatic carbocycles. The molecule has 2 nitrogen and oxygen atoms in total. The number of alkyl halides is 3. The van der Waals surface area contributed by atoms with Crippen LogP contribution in [0, 0.1) is 5.82 Å². The first-order valence-corrected chi connectivity index (χ1v) is 4.30. The van der Waals surface area contributed by atoms with E-state index in [0.717, 1.165) is 6.07 Å². The fraction of sp³-hybridized carbons (Fsp3) is 0.300. The topological polar surface area (TPSA) is 29.4 Å². The Balaban J connectivity index is 3.14. The number of isocyanates is 1. The molecule has 0 fully saturated rings. The summed E-state index contributed by atoms with van der Waals surface area (Å²) in [5, 5.41) is 0. The zero-order valence-electron chi connectivity index (χ0n) is 8.18. The predicted octanol–water partition coefficient (Wildman–Crippen LogP) is 3.24. The third kappa shape index (κ3) is 2.67. The van der Waals surface area contributed by atoms with Crippen LogP contribution in [-0.2, 0) is 11.0 Å². The first-order chi connectivity index (χ1) is 7.36. The molecular weight excluding hydrogens is 226 g/mol. The van der Waals surface area contributed by atoms with Crippen LogP contribution in [0.2, 0.25) is 0 Å². The van der Waals surface area contributed by atoms with Crippen molar-refractivity contribution in [3.05, 3.63) is 35.1 Å². The van der Waals surface area contributed by atoms with Crippen molar-refractivity contribution in [2.24, 2.45) is 4.99 Å². The molecule has 0 saturated carbocycles. The van der Waals surface area contributed by atoms with Gasteiger partial charge in [-0.15, -0.1) is 0 Å². The molecule has 16 heavy (non-hydrogen) atoms. The lowest BCUT2D eigenvalue weighted by atomic mass is 10.1. The van der Waals surface area contributed by atoms with E-state index in [1.54, 1.807) is 0 Å². The van der Waals surface area contributed by atoms with Gasteiger partial charge in [0.1, 0.15) is 5.82 Å². The summed E-state index contributed by atoms with van der Waals surface area (Å²) >= 11 is 0. The van der Waals surface area contributed by atoms with Gasteiger partial charge in [-0.3, -0.25) is 0 Å². The van der Waals surface area contributed by atoms with Gasteiger partial charge in [0.05, 0.1) is 11.6 Å². The summed E-state index contributed by atoms with van der Waals surface area (Å²) in [5.41, 5.74) is -1.15. The van der Waals surface area contributed by atoms with E-state index >= 15 is 0 Å². The molecule has 0 aliphatic carbocycles. The van der Waals surface area contributed by atoms with Gasteiger partial charge in [0.15, 0.2) is 0 Å². The minimum atomic E-state index is -4.72. The second-order valence-corrected chi connectivity index (χ2v) is 3.13. The molecule has 1 aromatic rings. The molecule has 0 aliphatic heterocycles. The zero-order valence-corrected chi connectivity index (χ0v) is 8.18. The first kappa shape index (κ1) is 12.4. The van der Waals surface area contributed by atoms with Gasteiger partial charge in [-0.1, -0.05) is 6.07 Å². The van der Waals surface area contributed by atoms with Crippen molar-refractivity contribution in [3.8, 4) is 0 Å². The highest BCUT2D eigenvalue weighted by Crippen LogP contribution is 2.32. The average molecular weight is 233 g/mol. The summed E-state index contributed by atoms with van der Waals surface area (Å²) in [5.74, 6) is -1.38. The van der Waals surface area contributed by atoms with E-state index in [4.69, 9.17) is 0 Å². The SMILES string of the molecule is CC(N=C=O)c1ccc(C(F)(F)F)c(F)c1. The quantitative estimate of drug-likeness (QED) is 0.438. The summed E-state index contributed by atoms with van der Waals surface area (Å²) in [6, 6.07) is 1.71. The fourth-order valence-electron chi connectivity index (χ4n) is 1.17. The molecule has 0 amide bonds. The van der Waals surface area contributed by atoms with E-state index in [2.05, 4.69) is 4.99 Å². The molecular formula is C10H7F4NO. The molecule has 1 unspecified atom stereocenters. The van der Waals surface area contributed by atoms with Crippen molar-refractivity contribution in [2.75, 3.05) is 0 Å². The summed E-state index contributed by atoms with van der Waals surface area (Å²) in [7, 11) is 0. The number of halogens is 4. The molecule has 0 radical (unpaired) electrons. The lowest BCUT2D eigenvalue weighted by Crippen LogP contribution is -2.08. The highest BCUT2D eigenvalue weighted by Gasteiger charge is 2.34. The van der Waals surface area contributed by atoms with E-state index in [1.807, 2.05) is 0 Å². The smallest absolute Gasteiger partial charge is 0.211 e. The monoisotopic (exact) mass is 233 g/mol. The molecule has 0 heterocycles. The minimum absolute atomic E-state index is 0.189. The second kappa shape index (κ2) is 4.45. The van der Waals surface area contributed by atoms with E-state index in [1.165, 1.54) is 13.0 Å². The van der Waals surface area contributed by atoms with Gasteiger partial charge >= 0.3 is 6.18 Å². The fourth-order valence-corrected chi connectivity index (χ4v) is 1.17. The molecule has 1 rings (SSSR count). The maximum Gasteiger partial charge on any atom is 0.419 e. The number of aliphatic imine (C=N–C) groups is 1. The van der Waals surface area contributed by atoms with Crippen molar-refractivity contribution in [1.29, 1.82) is 0 Å². The molecule has 6 heteroatoms. The van der Waals surface area contributed by atoms with E-state index in [0.29, 0.717) is 12.1 Å². The van der Waals surface area contributed by atoms with Crippen molar-refractivity contribution in [1.82, 2.24) is 0 Å². The third-order valence-corrected chi connectivity index (χ3v) is 2.03. The molecule has 0 N–H and O–H groups in total. The minimum Gasteiger partial charge on any atom is -0.211 e. The summed E-state index contributed by atoms with van der Waals surface area (Å²) in [6.45, 7) is 1.45. The van der Waals surface area contributed by atoms with Gasteiger partial charge in [0.2, 0.25) is 6.08 Å². The Bertz CT molecular complexity index is 435. The third-order valence-electron chi connectivity index (χ3n) is 2.03. The normalized spacial score (nSPS) is 13.1. The Hall–Kier alpha value is -1.68. The van der Waals surface area contributed by atoms with Crippen LogP contribution in [0.15, 0.2) is 23.2 Å². The van der Waals surface area contributed by atoms with Gasteiger partial charge in [-0.2, -0.15) is 18.2 Å². The maximum absolute atomic E-state index is 13.1. The largest absolute Gasteiger partial charge is 0.419 e. The van der Waals surface area contributed by atoms with E-state index in [-0.39, 0.29) is 5.56 Å². The number of hydrogen-bond donors (Lipinski definition) is 0. The van der Waals surface area contributed by atoms with Crippen LogP contribution < -0.4 is 0 Å². The van der Waals surface area contributed by atoms with Crippen LogP contribution in [0.5, 0.6) is 0 Å². The molecule has 0 spiro atoms. The van der Waals surface area contributed by atoms with Gasteiger partial charge in [0, 0.05) is 0 Å². The molecule has 0 aromatic heterocycles. The number of rotatable bonds is 2. The van der Waals surface area contributed by atoms with Crippen LogP contribution in [-0.4, -0.2) is 6.08 Å². The first-order valence-electron chi connectivity index (χ1n) is 4.30. The van der Waals surface area contributed by atoms with E-state index in [9.17, 15) is 22.4 Å². The van der Waals surface area contributed by atoms with Gasteiger partial charge in [-0.05, 0) is 24.6 Å². The summed E-state index contributed by atoms with van der Waals surface area (Å²) in [6.07, 6.45) is -3.46. The Morgan fingerprint density at radius 1 is 1.38 bits per heavy atom. The Morgan fingerprint density at radius 2 is 2.00 bits per heavy atom. The second-order valence-electron chi connectivity index (χ2n) is 3.13. The highest BCUT2D eigenvalue weighted by molar-refractivity contribution is 5.36. The molecule has 1 atom stereocenters. The zero-order chi connectivity index (χ0) is 12.3. The van der Waals surface area contributed by atoms with E-state index < -0.39 is 23.6 Å². The van der Waals surface area contributed by atoms with Crippen LogP contribution in [0.1, 0.15) is 24.1 Å². The molecule has 0 saturated heterocycles. The lowest BCUT2D eigenvalue weighted by molar-refractivity contribution is -0.140. The summed E-state index contributed by atoms with van der Waals surface area (Å²) < 4.78 is 49.7. The number of nitrogens with zero attached hydrogens (tertiary/aromatic N) is 1. The van der Waals surface area contributed by atoms with Gasteiger partial charge in [0.25, 0.3) is 0 Å². The Morgan fingerprint density at radius 3 is 2.44 bits per heavy atom. The van der Waals surface area contributed by atoms with Crippen LogP contribution in [0.25, 0.3) is 0 Å². The number of carbonyl (C=O) groups excluding carboxylic acids is 1. The predicted molar refractivity (Wildman–Crippen MR) is 47.9 cm³/mol. The van der Waals surface area contributed by atoms with Crippen molar-refractivity contribution < 1.29 is 22.4 Å². The lowest BCUT2D eigenvalue weighted by Gasteiger charge is -2.10. The molecule has 0 bridgehead atoms. The Labute approximate surface area is 88.6 Å². The highest BCUT2D eigenvalue weighted by atomic mass is 19.4. The molecule has 86 valence electrons. The Kier molecular flexibility index (Phi) is 3.44. The average Bonchev–Trinajstić information content (AvgIpc) is 2.16. The number of benzene rings is 1. The van der Waals surface area contributed by atoms with Gasteiger partial charge in [-0.25, -0.2) is 9.18 Å². The summed E-state index contributed by atoms with van der Waals surface area (Å²) in [4.78, 5) is 13.2. The molecule has 0 aliphatic rings. The van der Waals surface area contributed by atoms with Crippen LogP contribution >= 0.6 is 0 Å². The van der Waals surface area contributed by atoms with Crippen molar-refractivity contribution in [2.45, 2.75) is 19.1 Å². The van der Waals surface area contributed by atoms with Gasteiger partial charge < -0.3 is 0 Å². The maximum atomic E-state index is 13.1.